The van der Waals surface area contributed by atoms with Crippen LogP contribution in [-0.4, -0.2) is 17.6 Å². The Morgan fingerprint density at radius 3 is 2.19 bits per heavy atom. The van der Waals surface area contributed by atoms with E-state index in [4.69, 9.17) is 0 Å². The van der Waals surface area contributed by atoms with Gasteiger partial charge in [-0.2, -0.15) is 0 Å². The fourth-order valence-corrected chi connectivity index (χ4v) is 2.32. The highest BCUT2D eigenvalue weighted by Gasteiger charge is 2.35. The van der Waals surface area contributed by atoms with E-state index in [-0.39, 0.29) is 5.91 Å². The van der Waals surface area contributed by atoms with Gasteiger partial charge in [-0.1, -0.05) is 67.6 Å². The molecule has 0 unspecified atom stereocenters. The normalized spacial score (nSPS) is 13.4. The molecule has 0 fully saturated rings. The number of carbonyl (C=O) groups excluding carboxylic acids is 1. The van der Waals surface area contributed by atoms with Crippen LogP contribution in [0.1, 0.15) is 24.5 Å². The molecule has 0 aliphatic heterocycles. The van der Waals surface area contributed by atoms with Gasteiger partial charge in [-0.15, -0.1) is 0 Å². The van der Waals surface area contributed by atoms with Crippen molar-refractivity contribution in [3.05, 3.63) is 71.8 Å². The van der Waals surface area contributed by atoms with Crippen molar-refractivity contribution < 1.29 is 9.90 Å². The second-order valence-corrected chi connectivity index (χ2v) is 5.07. The van der Waals surface area contributed by atoms with Crippen molar-refractivity contribution in [1.82, 2.24) is 5.32 Å². The van der Waals surface area contributed by atoms with Gasteiger partial charge < -0.3 is 10.4 Å². The van der Waals surface area contributed by atoms with E-state index in [1.165, 1.54) is 0 Å². The summed E-state index contributed by atoms with van der Waals surface area (Å²) in [7, 11) is 0. The van der Waals surface area contributed by atoms with E-state index in [9.17, 15) is 9.90 Å². The van der Waals surface area contributed by atoms with E-state index in [1.807, 2.05) is 55.5 Å². The van der Waals surface area contributed by atoms with Crippen LogP contribution in [0.2, 0.25) is 0 Å². The van der Waals surface area contributed by atoms with Gasteiger partial charge in [0, 0.05) is 6.54 Å². The summed E-state index contributed by atoms with van der Waals surface area (Å²) in [6, 6.07) is 19.0. The highest BCUT2D eigenvalue weighted by Crippen LogP contribution is 2.24. The minimum absolute atomic E-state index is 0.341. The van der Waals surface area contributed by atoms with Gasteiger partial charge >= 0.3 is 0 Å². The molecule has 21 heavy (non-hydrogen) atoms. The molecular formula is C18H21NO2. The molecular weight excluding hydrogens is 262 g/mol. The Labute approximate surface area is 125 Å². The van der Waals surface area contributed by atoms with Gasteiger partial charge in [-0.05, 0) is 24.0 Å². The molecule has 0 bridgehead atoms. The zero-order chi connectivity index (χ0) is 15.1. The highest BCUT2D eigenvalue weighted by molar-refractivity contribution is 5.86. The molecule has 0 aliphatic carbocycles. The van der Waals surface area contributed by atoms with Gasteiger partial charge in [-0.25, -0.2) is 0 Å². The number of amides is 1. The van der Waals surface area contributed by atoms with Crippen molar-refractivity contribution >= 4 is 5.91 Å². The molecule has 2 N–H and O–H groups in total. The molecule has 0 spiro atoms. The topological polar surface area (TPSA) is 49.3 Å². The predicted molar refractivity (Wildman–Crippen MR) is 83.8 cm³/mol. The minimum Gasteiger partial charge on any atom is -0.375 e. The summed E-state index contributed by atoms with van der Waals surface area (Å²) in [5.74, 6) is -0.341. The van der Waals surface area contributed by atoms with Crippen LogP contribution >= 0.6 is 0 Å². The SMILES string of the molecule is CC[C@](O)(C(=O)NCCc1ccccc1)c1ccccc1. The van der Waals surface area contributed by atoms with Crippen LogP contribution in [0.3, 0.4) is 0 Å². The first-order valence-electron chi connectivity index (χ1n) is 7.27. The van der Waals surface area contributed by atoms with Crippen LogP contribution in [0.25, 0.3) is 0 Å². The summed E-state index contributed by atoms with van der Waals surface area (Å²) in [6.07, 6.45) is 1.09. The summed E-state index contributed by atoms with van der Waals surface area (Å²) >= 11 is 0. The van der Waals surface area contributed by atoms with Gasteiger partial charge in [0.1, 0.15) is 0 Å². The Kier molecular flexibility index (Phi) is 5.12. The van der Waals surface area contributed by atoms with Crippen molar-refractivity contribution in [2.75, 3.05) is 6.54 Å². The van der Waals surface area contributed by atoms with Gasteiger partial charge in [0.15, 0.2) is 5.60 Å². The second kappa shape index (κ2) is 7.04. The van der Waals surface area contributed by atoms with Crippen LogP contribution in [0, 0.1) is 0 Å². The summed E-state index contributed by atoms with van der Waals surface area (Å²) < 4.78 is 0. The molecule has 0 aromatic heterocycles. The monoisotopic (exact) mass is 283 g/mol. The highest BCUT2D eigenvalue weighted by atomic mass is 16.3. The van der Waals surface area contributed by atoms with Gasteiger partial charge in [0.2, 0.25) is 0 Å². The zero-order valence-corrected chi connectivity index (χ0v) is 12.3. The van der Waals surface area contributed by atoms with Gasteiger partial charge in [0.25, 0.3) is 5.91 Å². The molecule has 0 radical (unpaired) electrons. The van der Waals surface area contributed by atoms with Crippen molar-refractivity contribution in [3.63, 3.8) is 0 Å². The number of hydrogen-bond donors (Lipinski definition) is 2. The van der Waals surface area contributed by atoms with Crippen LogP contribution in [0.4, 0.5) is 0 Å². The Morgan fingerprint density at radius 2 is 1.62 bits per heavy atom. The maximum Gasteiger partial charge on any atom is 0.256 e. The maximum absolute atomic E-state index is 12.3. The van der Waals surface area contributed by atoms with Crippen LogP contribution in [0.15, 0.2) is 60.7 Å². The molecule has 0 saturated carbocycles. The molecule has 3 heteroatoms. The van der Waals surface area contributed by atoms with Crippen LogP contribution in [-0.2, 0) is 16.8 Å². The molecule has 3 nitrogen and oxygen atoms in total. The smallest absolute Gasteiger partial charge is 0.256 e. The van der Waals surface area contributed by atoms with Crippen LogP contribution < -0.4 is 5.32 Å². The first-order chi connectivity index (χ1) is 10.2. The quantitative estimate of drug-likeness (QED) is 0.856. The first kappa shape index (κ1) is 15.3. The standard InChI is InChI=1S/C18H21NO2/c1-2-18(21,16-11-7-4-8-12-16)17(20)19-14-13-15-9-5-3-6-10-15/h3-12,21H,2,13-14H2,1H3,(H,19,20)/t18-/m1/s1. The summed E-state index contributed by atoms with van der Waals surface area (Å²) in [5.41, 5.74) is 0.333. The third-order valence-corrected chi connectivity index (χ3v) is 3.68. The lowest BCUT2D eigenvalue weighted by atomic mass is 9.90. The average molecular weight is 283 g/mol. The molecule has 0 heterocycles. The third-order valence-electron chi connectivity index (χ3n) is 3.68. The number of aliphatic hydroxyl groups is 1. The Balaban J connectivity index is 1.98. The second-order valence-electron chi connectivity index (χ2n) is 5.07. The number of hydrogen-bond acceptors (Lipinski definition) is 2. The van der Waals surface area contributed by atoms with E-state index in [0.29, 0.717) is 18.5 Å². The zero-order valence-electron chi connectivity index (χ0n) is 12.3. The number of benzene rings is 2. The average Bonchev–Trinajstić information content (AvgIpc) is 2.55. The summed E-state index contributed by atoms with van der Waals surface area (Å²) in [6.45, 7) is 2.32. The maximum atomic E-state index is 12.3. The summed E-state index contributed by atoms with van der Waals surface area (Å²) in [5, 5.41) is 13.5. The van der Waals surface area contributed by atoms with Crippen molar-refractivity contribution in [3.8, 4) is 0 Å². The third kappa shape index (κ3) is 3.70. The lowest BCUT2D eigenvalue weighted by Gasteiger charge is -2.26. The van der Waals surface area contributed by atoms with Gasteiger partial charge in [0.05, 0.1) is 0 Å². The van der Waals surface area contributed by atoms with E-state index in [0.717, 1.165) is 12.0 Å². The minimum atomic E-state index is -1.46. The van der Waals surface area contributed by atoms with Crippen molar-refractivity contribution in [1.29, 1.82) is 0 Å². The Morgan fingerprint density at radius 1 is 1.05 bits per heavy atom. The molecule has 110 valence electrons. The summed E-state index contributed by atoms with van der Waals surface area (Å²) in [4.78, 5) is 12.3. The predicted octanol–water partition coefficient (Wildman–Crippen LogP) is 2.64. The first-order valence-corrected chi connectivity index (χ1v) is 7.27. The van der Waals surface area contributed by atoms with E-state index in [1.54, 1.807) is 12.1 Å². The number of nitrogens with one attached hydrogen (secondary N) is 1. The van der Waals surface area contributed by atoms with E-state index < -0.39 is 5.60 Å². The number of rotatable bonds is 6. The molecule has 1 atom stereocenters. The fourth-order valence-electron chi connectivity index (χ4n) is 2.32. The Bertz CT molecular complexity index is 568. The largest absolute Gasteiger partial charge is 0.375 e. The van der Waals surface area contributed by atoms with Crippen molar-refractivity contribution in [2.24, 2.45) is 0 Å². The fraction of sp³-hybridized carbons (Fsp3) is 0.278. The number of carbonyl (C=O) groups is 1. The van der Waals surface area contributed by atoms with E-state index >= 15 is 0 Å². The molecule has 0 saturated heterocycles. The molecule has 0 aliphatic rings. The molecule has 2 aromatic rings. The lowest BCUT2D eigenvalue weighted by molar-refractivity contribution is -0.141. The van der Waals surface area contributed by atoms with Crippen LogP contribution in [0.5, 0.6) is 0 Å². The van der Waals surface area contributed by atoms with Crippen molar-refractivity contribution in [2.45, 2.75) is 25.4 Å². The van der Waals surface area contributed by atoms with E-state index in [2.05, 4.69) is 5.32 Å². The Hall–Kier alpha value is -2.13. The molecule has 1 amide bonds. The molecule has 2 rings (SSSR count). The lowest BCUT2D eigenvalue weighted by Crippen LogP contribution is -2.44. The molecule has 2 aromatic carbocycles. The van der Waals surface area contributed by atoms with Gasteiger partial charge in [-0.3, -0.25) is 4.79 Å².